The van der Waals surface area contributed by atoms with Gasteiger partial charge in [-0.1, -0.05) is 0 Å². The largest absolute Gasteiger partial charge is 0.392 e. The second-order valence-electron chi connectivity index (χ2n) is 5.38. The summed E-state index contributed by atoms with van der Waals surface area (Å²) < 4.78 is 41.0. The predicted molar refractivity (Wildman–Crippen MR) is 69.6 cm³/mol. The van der Waals surface area contributed by atoms with Crippen molar-refractivity contribution in [2.24, 2.45) is 0 Å². The molecule has 1 aliphatic rings. The second-order valence-corrected chi connectivity index (χ2v) is 7.03. The lowest BCUT2D eigenvalue weighted by Gasteiger charge is -2.38. The molecule has 1 aromatic carbocycles. The Morgan fingerprint density at radius 3 is 2.53 bits per heavy atom. The van der Waals surface area contributed by atoms with Crippen LogP contribution in [-0.4, -0.2) is 19.1 Å². The molecule has 106 valence electrons. The smallest absolute Gasteiger partial charge is 0.241 e. The minimum Gasteiger partial charge on any atom is -0.392 e. The van der Waals surface area contributed by atoms with Gasteiger partial charge in [0, 0.05) is 11.1 Å². The van der Waals surface area contributed by atoms with E-state index < -0.39 is 28.0 Å². The van der Waals surface area contributed by atoms with Crippen molar-refractivity contribution < 1.29 is 17.9 Å². The van der Waals surface area contributed by atoms with Crippen LogP contribution in [0.3, 0.4) is 0 Å². The van der Waals surface area contributed by atoms with E-state index in [-0.39, 0.29) is 16.0 Å². The van der Waals surface area contributed by atoms with Gasteiger partial charge in [0.05, 0.1) is 11.5 Å². The van der Waals surface area contributed by atoms with Crippen molar-refractivity contribution in [3.63, 3.8) is 0 Å². The number of halogens is 1. The molecule has 6 heteroatoms. The average Bonchev–Trinajstić information content (AvgIpc) is 2.29. The fourth-order valence-corrected chi connectivity index (χ4v) is 4.04. The number of hydrogen-bond donors (Lipinski definition) is 2. The number of aliphatic hydroxyl groups excluding tert-OH is 1. The number of sulfonamides is 1. The molecule has 1 fully saturated rings. The van der Waals surface area contributed by atoms with Gasteiger partial charge in [0.2, 0.25) is 10.0 Å². The van der Waals surface area contributed by atoms with Crippen molar-refractivity contribution in [3.05, 3.63) is 29.1 Å². The minimum atomic E-state index is -3.77. The molecule has 2 N–H and O–H groups in total. The van der Waals surface area contributed by atoms with E-state index in [0.717, 1.165) is 25.3 Å². The number of rotatable bonds is 4. The molecule has 0 amide bonds. The molecule has 0 heterocycles. The van der Waals surface area contributed by atoms with E-state index in [4.69, 9.17) is 5.11 Å². The second kappa shape index (κ2) is 4.85. The van der Waals surface area contributed by atoms with Gasteiger partial charge in [-0.15, -0.1) is 0 Å². The Morgan fingerprint density at radius 1 is 1.42 bits per heavy atom. The third-order valence-electron chi connectivity index (χ3n) is 3.67. The summed E-state index contributed by atoms with van der Waals surface area (Å²) in [6, 6.07) is 2.47. The zero-order valence-corrected chi connectivity index (χ0v) is 11.8. The maximum Gasteiger partial charge on any atom is 0.241 e. The molecule has 1 saturated carbocycles. The summed E-state index contributed by atoms with van der Waals surface area (Å²) in [4.78, 5) is -0.0929. The SMILES string of the molecule is Cc1c(F)cc(CO)cc1S(=O)(=O)NC1(C)CCC1. The van der Waals surface area contributed by atoms with Crippen molar-refractivity contribution in [3.8, 4) is 0 Å². The maximum atomic E-state index is 13.7. The van der Waals surface area contributed by atoms with E-state index in [0.29, 0.717) is 0 Å². The Bertz CT molecular complexity index is 594. The average molecular weight is 287 g/mol. The third-order valence-corrected chi connectivity index (χ3v) is 5.43. The van der Waals surface area contributed by atoms with Crippen LogP contribution in [0.1, 0.15) is 37.3 Å². The Balaban J connectivity index is 2.42. The van der Waals surface area contributed by atoms with Gasteiger partial charge < -0.3 is 5.11 Å². The summed E-state index contributed by atoms with van der Waals surface area (Å²) in [6.07, 6.45) is 2.56. The van der Waals surface area contributed by atoms with Gasteiger partial charge in [0.15, 0.2) is 0 Å². The summed E-state index contributed by atoms with van der Waals surface area (Å²) in [5.41, 5.74) is -0.105. The van der Waals surface area contributed by atoms with Gasteiger partial charge in [-0.2, -0.15) is 0 Å². The molecular formula is C13H18FNO3S. The van der Waals surface area contributed by atoms with Crippen molar-refractivity contribution >= 4 is 10.0 Å². The lowest BCUT2D eigenvalue weighted by molar-refractivity contribution is 0.248. The van der Waals surface area contributed by atoms with Crippen LogP contribution in [0.2, 0.25) is 0 Å². The molecule has 1 aliphatic carbocycles. The zero-order chi connectivity index (χ0) is 14.3. The van der Waals surface area contributed by atoms with E-state index in [9.17, 15) is 12.8 Å². The lowest BCUT2D eigenvalue weighted by Crippen LogP contribution is -2.50. The highest BCUT2D eigenvalue weighted by molar-refractivity contribution is 7.89. The Labute approximate surface area is 112 Å². The normalized spacial score (nSPS) is 18.1. The quantitative estimate of drug-likeness (QED) is 0.888. The first-order valence-electron chi connectivity index (χ1n) is 6.21. The fraction of sp³-hybridized carbons (Fsp3) is 0.538. The highest BCUT2D eigenvalue weighted by Crippen LogP contribution is 2.33. The molecule has 0 saturated heterocycles. The highest BCUT2D eigenvalue weighted by Gasteiger charge is 2.36. The molecule has 0 aromatic heterocycles. The molecule has 0 spiro atoms. The topological polar surface area (TPSA) is 66.4 Å². The van der Waals surface area contributed by atoms with Gasteiger partial charge in [0.25, 0.3) is 0 Å². The predicted octanol–water partition coefficient (Wildman–Crippen LogP) is 1.85. The van der Waals surface area contributed by atoms with Crippen molar-refractivity contribution in [2.75, 3.05) is 0 Å². The molecule has 1 aromatic rings. The number of hydrogen-bond acceptors (Lipinski definition) is 3. The van der Waals surface area contributed by atoms with Crippen molar-refractivity contribution in [1.29, 1.82) is 0 Å². The van der Waals surface area contributed by atoms with Crippen LogP contribution in [0.25, 0.3) is 0 Å². The summed E-state index contributed by atoms with van der Waals surface area (Å²) in [5.74, 6) is -0.620. The Kier molecular flexibility index (Phi) is 3.68. The van der Waals surface area contributed by atoms with Crippen LogP contribution in [0.15, 0.2) is 17.0 Å². The van der Waals surface area contributed by atoms with E-state index >= 15 is 0 Å². The van der Waals surface area contributed by atoms with Gasteiger partial charge in [-0.25, -0.2) is 17.5 Å². The molecule has 0 unspecified atom stereocenters. The summed E-state index contributed by atoms with van der Waals surface area (Å²) in [7, 11) is -3.77. The van der Waals surface area contributed by atoms with Crippen LogP contribution in [0.4, 0.5) is 4.39 Å². The fourth-order valence-electron chi connectivity index (χ4n) is 2.27. The number of aliphatic hydroxyl groups is 1. The standard InChI is InChI=1S/C13H18FNO3S/c1-9-11(14)6-10(8-16)7-12(9)19(17,18)15-13(2)4-3-5-13/h6-7,15-16H,3-5,8H2,1-2H3. The van der Waals surface area contributed by atoms with E-state index in [2.05, 4.69) is 4.72 Å². The van der Waals surface area contributed by atoms with E-state index in [1.165, 1.54) is 13.0 Å². The first-order chi connectivity index (χ1) is 8.77. The Morgan fingerprint density at radius 2 is 2.05 bits per heavy atom. The van der Waals surface area contributed by atoms with Crippen LogP contribution >= 0.6 is 0 Å². The summed E-state index contributed by atoms with van der Waals surface area (Å²) in [6.45, 7) is 2.88. The first-order valence-corrected chi connectivity index (χ1v) is 7.70. The van der Waals surface area contributed by atoms with Crippen LogP contribution in [-0.2, 0) is 16.6 Å². The maximum absolute atomic E-state index is 13.7. The van der Waals surface area contributed by atoms with Gasteiger partial charge in [-0.05, 0) is 50.8 Å². The molecule has 0 bridgehead atoms. The lowest BCUT2D eigenvalue weighted by atomic mass is 9.80. The van der Waals surface area contributed by atoms with Crippen LogP contribution in [0, 0.1) is 12.7 Å². The van der Waals surface area contributed by atoms with Crippen LogP contribution in [0.5, 0.6) is 0 Å². The molecule has 4 nitrogen and oxygen atoms in total. The molecule has 0 atom stereocenters. The molecule has 19 heavy (non-hydrogen) atoms. The van der Waals surface area contributed by atoms with Gasteiger partial charge in [0.1, 0.15) is 5.82 Å². The van der Waals surface area contributed by atoms with Crippen LogP contribution < -0.4 is 4.72 Å². The van der Waals surface area contributed by atoms with E-state index in [1.807, 2.05) is 6.92 Å². The minimum absolute atomic E-state index is 0.0765. The number of nitrogens with one attached hydrogen (secondary N) is 1. The molecule has 2 rings (SSSR count). The van der Waals surface area contributed by atoms with Crippen molar-refractivity contribution in [2.45, 2.75) is 50.2 Å². The monoisotopic (exact) mass is 287 g/mol. The molecular weight excluding hydrogens is 269 g/mol. The summed E-state index contributed by atoms with van der Waals surface area (Å²) >= 11 is 0. The third kappa shape index (κ3) is 2.80. The highest BCUT2D eigenvalue weighted by atomic mass is 32.2. The van der Waals surface area contributed by atoms with Gasteiger partial charge in [-0.3, -0.25) is 0 Å². The van der Waals surface area contributed by atoms with Crippen molar-refractivity contribution in [1.82, 2.24) is 4.72 Å². The number of benzene rings is 1. The Hall–Kier alpha value is -0.980. The molecule has 0 radical (unpaired) electrons. The summed E-state index contributed by atoms with van der Waals surface area (Å²) in [5, 5.41) is 9.05. The van der Waals surface area contributed by atoms with Gasteiger partial charge >= 0.3 is 0 Å². The zero-order valence-electron chi connectivity index (χ0n) is 11.0. The van der Waals surface area contributed by atoms with E-state index in [1.54, 1.807) is 0 Å². The first kappa shape index (κ1) is 14.4. The molecule has 0 aliphatic heterocycles.